The first kappa shape index (κ1) is 22.3. The highest BCUT2D eigenvalue weighted by Gasteiger charge is 2.12. The maximum absolute atomic E-state index is 5.41. The Morgan fingerprint density at radius 2 is 1.81 bits per heavy atom. The molecule has 0 radical (unpaired) electrons. The van der Waals surface area contributed by atoms with E-state index in [-0.39, 0.29) is 0 Å². The molecule has 0 saturated carbocycles. The number of benzene rings is 2. The van der Waals surface area contributed by atoms with Crippen molar-refractivity contribution >= 4 is 16.9 Å². The van der Waals surface area contributed by atoms with Gasteiger partial charge in [-0.3, -0.25) is 9.36 Å². The molecule has 0 bridgehead atoms. The lowest BCUT2D eigenvalue weighted by Gasteiger charge is -2.12. The zero-order valence-electron chi connectivity index (χ0n) is 20.0. The number of anilines is 1. The van der Waals surface area contributed by atoms with Gasteiger partial charge in [-0.15, -0.1) is 5.10 Å². The van der Waals surface area contributed by atoms with E-state index < -0.39 is 0 Å². The lowest BCUT2D eigenvalue weighted by molar-refractivity contribution is 0.414. The van der Waals surface area contributed by atoms with Crippen LogP contribution in [0.4, 0.5) is 5.82 Å². The summed E-state index contributed by atoms with van der Waals surface area (Å²) in [7, 11) is 1.64. The lowest BCUT2D eigenvalue weighted by atomic mass is 10.1. The van der Waals surface area contributed by atoms with E-state index in [0.717, 1.165) is 34.5 Å². The van der Waals surface area contributed by atoms with Gasteiger partial charge in [0.25, 0.3) is 0 Å². The van der Waals surface area contributed by atoms with Gasteiger partial charge in [0.05, 0.1) is 31.3 Å². The molecule has 6 aromatic rings. The van der Waals surface area contributed by atoms with Crippen LogP contribution < -0.4 is 10.1 Å². The number of nitrogens with one attached hydrogen (secondary N) is 1. The van der Waals surface area contributed by atoms with E-state index >= 15 is 0 Å². The number of nitrogens with zero attached hydrogens (tertiary/aromatic N) is 10. The van der Waals surface area contributed by atoms with Gasteiger partial charge in [0.2, 0.25) is 0 Å². The summed E-state index contributed by atoms with van der Waals surface area (Å²) in [6.45, 7) is 1.84. The Balaban J connectivity index is 1.20. The smallest absolute Gasteiger partial charge is 0.186 e. The van der Waals surface area contributed by atoms with E-state index in [1.807, 2.05) is 46.0 Å². The van der Waals surface area contributed by atoms with E-state index in [9.17, 15) is 0 Å². The molecule has 4 heterocycles. The number of ether oxygens (including phenoxy) is 1. The number of methoxy groups -OCH3 is 1. The Kier molecular flexibility index (Phi) is 5.95. The molecule has 184 valence electrons. The number of aromatic nitrogens is 10. The van der Waals surface area contributed by atoms with Crippen molar-refractivity contribution in [2.24, 2.45) is 0 Å². The minimum atomic E-state index is 0.474. The zero-order valence-corrected chi connectivity index (χ0v) is 20.0. The summed E-state index contributed by atoms with van der Waals surface area (Å²) in [5, 5.41) is 24.7. The quantitative estimate of drug-likeness (QED) is 0.323. The van der Waals surface area contributed by atoms with Gasteiger partial charge in [0, 0.05) is 30.7 Å². The molecule has 12 heteroatoms. The molecule has 2 aromatic carbocycles. The number of fused-ring (bicyclic) bond motifs is 1. The highest BCUT2D eigenvalue weighted by molar-refractivity contribution is 5.85. The van der Waals surface area contributed by atoms with Crippen molar-refractivity contribution in [2.45, 2.75) is 19.6 Å². The molecule has 1 N–H and O–H groups in total. The van der Waals surface area contributed by atoms with E-state index in [1.165, 1.54) is 11.9 Å². The molecule has 0 unspecified atom stereocenters. The highest BCUT2D eigenvalue weighted by Crippen LogP contribution is 2.24. The van der Waals surface area contributed by atoms with Crippen molar-refractivity contribution in [2.75, 3.05) is 12.4 Å². The Morgan fingerprint density at radius 3 is 2.54 bits per heavy atom. The summed E-state index contributed by atoms with van der Waals surface area (Å²) in [5.74, 6) is 1.43. The van der Waals surface area contributed by atoms with Gasteiger partial charge in [-0.05, 0) is 45.8 Å². The van der Waals surface area contributed by atoms with Crippen molar-refractivity contribution < 1.29 is 4.74 Å². The van der Waals surface area contributed by atoms with Gasteiger partial charge in [-0.2, -0.15) is 10.2 Å². The van der Waals surface area contributed by atoms with Crippen molar-refractivity contribution in [3.8, 4) is 11.4 Å². The van der Waals surface area contributed by atoms with Crippen molar-refractivity contribution in [1.82, 2.24) is 49.7 Å². The molecule has 4 aromatic heterocycles. The summed E-state index contributed by atoms with van der Waals surface area (Å²) in [6.07, 6.45) is 8.77. The van der Waals surface area contributed by atoms with Crippen LogP contribution >= 0.6 is 0 Å². The average Bonchev–Trinajstić information content (AvgIpc) is 3.71. The number of hydrogen-bond donors (Lipinski definition) is 1. The third kappa shape index (κ3) is 4.85. The molecule has 0 aliphatic rings. The maximum atomic E-state index is 5.41. The van der Waals surface area contributed by atoms with Crippen LogP contribution in [0.5, 0.6) is 5.75 Å². The second-order valence-corrected chi connectivity index (χ2v) is 8.41. The van der Waals surface area contributed by atoms with Crippen molar-refractivity contribution in [3.05, 3.63) is 96.5 Å². The molecular formula is C25H23N11O. The molecule has 12 nitrogen and oxygen atoms in total. The fourth-order valence-corrected chi connectivity index (χ4v) is 4.13. The second-order valence-electron chi connectivity index (χ2n) is 8.41. The first-order valence-corrected chi connectivity index (χ1v) is 11.6. The molecule has 37 heavy (non-hydrogen) atoms. The number of rotatable bonds is 9. The fourth-order valence-electron chi connectivity index (χ4n) is 4.13. The summed E-state index contributed by atoms with van der Waals surface area (Å²) in [6, 6.07) is 16.1. The lowest BCUT2D eigenvalue weighted by Crippen LogP contribution is -2.07. The largest absolute Gasteiger partial charge is 0.497 e. The monoisotopic (exact) mass is 493 g/mol. The molecule has 0 aliphatic heterocycles. The summed E-state index contributed by atoms with van der Waals surface area (Å²) in [5.41, 5.74) is 4.74. The third-order valence-electron chi connectivity index (χ3n) is 5.96. The fraction of sp³-hybridized carbons (Fsp3) is 0.160. The van der Waals surface area contributed by atoms with Gasteiger partial charge < -0.3 is 10.1 Å². The minimum Gasteiger partial charge on any atom is -0.497 e. The molecule has 0 amide bonds. The molecule has 6 rings (SSSR count). The maximum Gasteiger partial charge on any atom is 0.186 e. The van der Waals surface area contributed by atoms with Gasteiger partial charge in [-0.25, -0.2) is 14.6 Å². The molecule has 0 atom stereocenters. The first-order chi connectivity index (χ1) is 18.2. The van der Waals surface area contributed by atoms with Gasteiger partial charge in [0.1, 0.15) is 24.2 Å². The first-order valence-electron chi connectivity index (χ1n) is 11.6. The Bertz CT molecular complexity index is 1610. The van der Waals surface area contributed by atoms with Crippen LogP contribution in [-0.2, 0) is 19.6 Å². The standard InChI is InChI=1S/C25H23N11O/c1-37-21-7-8-23(36-17-29-32-33-36)20(11-21)12-26-24-22-15-35(31-25(22)28-16-27-24)14-19-5-3-18(4-6-19)13-34-10-2-9-30-34/h2-11,15-17H,12-14H2,1H3,(H,26,27,28,31). The van der Waals surface area contributed by atoms with E-state index in [0.29, 0.717) is 24.6 Å². The SMILES string of the molecule is COc1ccc(-n2cnnn2)c(CNc2ncnc3nn(Cc4ccc(Cn5cccn5)cc4)cc23)c1. The predicted octanol–water partition coefficient (Wildman–Crippen LogP) is 2.72. The summed E-state index contributed by atoms with van der Waals surface area (Å²) >= 11 is 0. The number of hydrogen-bond acceptors (Lipinski definition) is 9. The van der Waals surface area contributed by atoms with Crippen LogP contribution in [0, 0.1) is 0 Å². The van der Waals surface area contributed by atoms with Gasteiger partial charge in [0.15, 0.2) is 5.65 Å². The van der Waals surface area contributed by atoms with Crippen LogP contribution in [-0.4, -0.2) is 56.8 Å². The Labute approximate surface area is 211 Å². The average molecular weight is 494 g/mol. The summed E-state index contributed by atoms with van der Waals surface area (Å²) in [4.78, 5) is 8.82. The topological polar surface area (TPSA) is 126 Å². The van der Waals surface area contributed by atoms with Crippen LogP contribution in [0.2, 0.25) is 0 Å². The van der Waals surface area contributed by atoms with Crippen LogP contribution in [0.3, 0.4) is 0 Å². The molecule has 0 spiro atoms. The van der Waals surface area contributed by atoms with Crippen LogP contribution in [0.1, 0.15) is 16.7 Å². The van der Waals surface area contributed by atoms with Crippen molar-refractivity contribution in [3.63, 3.8) is 0 Å². The third-order valence-corrected chi connectivity index (χ3v) is 5.96. The van der Waals surface area contributed by atoms with Crippen molar-refractivity contribution in [1.29, 1.82) is 0 Å². The van der Waals surface area contributed by atoms with E-state index in [2.05, 4.69) is 65.3 Å². The molecule has 0 saturated heterocycles. The normalized spacial score (nSPS) is 11.2. The Hall–Kier alpha value is -5.13. The number of tetrazole rings is 1. The Morgan fingerprint density at radius 1 is 0.973 bits per heavy atom. The van der Waals surface area contributed by atoms with Gasteiger partial charge >= 0.3 is 0 Å². The molecule has 0 fully saturated rings. The van der Waals surface area contributed by atoms with E-state index in [4.69, 9.17) is 4.74 Å². The van der Waals surface area contributed by atoms with Crippen LogP contribution in [0.25, 0.3) is 16.7 Å². The summed E-state index contributed by atoms with van der Waals surface area (Å²) < 4.78 is 10.8. The van der Waals surface area contributed by atoms with Crippen LogP contribution in [0.15, 0.2) is 79.8 Å². The predicted molar refractivity (Wildman–Crippen MR) is 135 cm³/mol. The molecule has 0 aliphatic carbocycles. The van der Waals surface area contributed by atoms with Gasteiger partial charge in [-0.1, -0.05) is 24.3 Å². The zero-order chi connectivity index (χ0) is 25.0. The minimum absolute atomic E-state index is 0.474. The second kappa shape index (κ2) is 9.85. The highest BCUT2D eigenvalue weighted by atomic mass is 16.5. The van der Waals surface area contributed by atoms with E-state index in [1.54, 1.807) is 24.3 Å². The molecular weight excluding hydrogens is 470 g/mol.